The number of para-hydroxylation sites is 1. The Kier molecular flexibility index (Phi) is 5.98. The molecule has 2 aliphatic heterocycles. The van der Waals surface area contributed by atoms with Crippen molar-refractivity contribution in [1.29, 1.82) is 0 Å². The van der Waals surface area contributed by atoms with Crippen molar-refractivity contribution in [3.63, 3.8) is 0 Å². The van der Waals surface area contributed by atoms with Crippen LogP contribution in [0.4, 0.5) is 5.82 Å². The molecule has 2 saturated heterocycles. The standard InChI is InChI=1S/C28H32N4O2/c1-19-8-7-11-24-20(2)16-25(29-27(19)24)30-12-14-31(15-13-30)28(34)23-17-26(33)32(18-23)21(3)22-9-5-4-6-10-22/h4-11,16,21,23H,12-15,17-18H2,1-3H3. The molecule has 2 aliphatic rings. The van der Waals surface area contributed by atoms with Gasteiger partial charge in [0.15, 0.2) is 0 Å². The van der Waals surface area contributed by atoms with E-state index in [1.807, 2.05) is 47.1 Å². The van der Waals surface area contributed by atoms with E-state index in [0.717, 1.165) is 30.0 Å². The Hall–Kier alpha value is -3.41. The van der Waals surface area contributed by atoms with Crippen LogP contribution in [-0.4, -0.2) is 59.3 Å². The zero-order valence-corrected chi connectivity index (χ0v) is 20.2. The first kappa shape index (κ1) is 22.4. The number of anilines is 1. The molecule has 0 spiro atoms. The lowest BCUT2D eigenvalue weighted by atomic mass is 10.1. The number of rotatable bonds is 4. The van der Waals surface area contributed by atoms with Gasteiger partial charge in [-0.25, -0.2) is 4.98 Å². The van der Waals surface area contributed by atoms with Crippen LogP contribution in [0.5, 0.6) is 0 Å². The fourth-order valence-electron chi connectivity index (χ4n) is 5.30. The average molecular weight is 457 g/mol. The molecule has 2 unspecified atom stereocenters. The molecule has 1 aromatic heterocycles. The van der Waals surface area contributed by atoms with Crippen LogP contribution in [0.1, 0.15) is 36.1 Å². The maximum Gasteiger partial charge on any atom is 0.228 e. The molecule has 2 aromatic carbocycles. The summed E-state index contributed by atoms with van der Waals surface area (Å²) < 4.78 is 0. The van der Waals surface area contributed by atoms with Crippen molar-refractivity contribution in [2.24, 2.45) is 5.92 Å². The average Bonchev–Trinajstić information content (AvgIpc) is 3.26. The molecule has 2 fully saturated rings. The highest BCUT2D eigenvalue weighted by Crippen LogP contribution is 2.30. The molecule has 6 nitrogen and oxygen atoms in total. The topological polar surface area (TPSA) is 56.8 Å². The number of carbonyl (C=O) groups is 2. The Labute approximate surface area is 201 Å². The van der Waals surface area contributed by atoms with E-state index >= 15 is 0 Å². The Morgan fingerprint density at radius 1 is 0.971 bits per heavy atom. The minimum atomic E-state index is -0.256. The molecule has 0 saturated carbocycles. The molecule has 5 rings (SSSR count). The predicted octanol–water partition coefficient (Wildman–Crippen LogP) is 4.11. The first-order valence-corrected chi connectivity index (χ1v) is 12.2. The van der Waals surface area contributed by atoms with Crippen LogP contribution in [0.2, 0.25) is 0 Å². The van der Waals surface area contributed by atoms with Crippen LogP contribution in [0.25, 0.3) is 10.9 Å². The Morgan fingerprint density at radius 3 is 2.44 bits per heavy atom. The molecule has 0 radical (unpaired) electrons. The molecule has 2 atom stereocenters. The molecule has 2 amide bonds. The number of aromatic nitrogens is 1. The van der Waals surface area contributed by atoms with E-state index in [2.05, 4.69) is 43.0 Å². The molecular formula is C28H32N4O2. The Morgan fingerprint density at radius 2 is 1.71 bits per heavy atom. The summed E-state index contributed by atoms with van der Waals surface area (Å²) in [6.07, 6.45) is 0.306. The van der Waals surface area contributed by atoms with Crippen molar-refractivity contribution in [3.05, 3.63) is 71.3 Å². The van der Waals surface area contributed by atoms with Crippen molar-refractivity contribution in [3.8, 4) is 0 Å². The van der Waals surface area contributed by atoms with Gasteiger partial charge in [-0.2, -0.15) is 0 Å². The number of likely N-dealkylation sites (tertiary alicyclic amines) is 1. The van der Waals surface area contributed by atoms with Gasteiger partial charge in [0.1, 0.15) is 5.82 Å². The van der Waals surface area contributed by atoms with Gasteiger partial charge < -0.3 is 14.7 Å². The largest absolute Gasteiger partial charge is 0.353 e. The fourth-order valence-corrected chi connectivity index (χ4v) is 5.30. The summed E-state index contributed by atoms with van der Waals surface area (Å²) in [5, 5.41) is 1.19. The molecule has 3 heterocycles. The van der Waals surface area contributed by atoms with Crippen LogP contribution in [0.15, 0.2) is 54.6 Å². The molecular weight excluding hydrogens is 424 g/mol. The zero-order valence-electron chi connectivity index (χ0n) is 20.2. The maximum absolute atomic E-state index is 13.3. The first-order chi connectivity index (χ1) is 16.4. The van der Waals surface area contributed by atoms with Crippen LogP contribution in [0, 0.1) is 19.8 Å². The summed E-state index contributed by atoms with van der Waals surface area (Å²) in [6, 6.07) is 18.5. The number of hydrogen-bond donors (Lipinski definition) is 0. The monoisotopic (exact) mass is 456 g/mol. The van der Waals surface area contributed by atoms with Gasteiger partial charge in [-0.1, -0.05) is 48.5 Å². The maximum atomic E-state index is 13.3. The van der Waals surface area contributed by atoms with Gasteiger partial charge in [0.25, 0.3) is 0 Å². The summed E-state index contributed by atoms with van der Waals surface area (Å²) in [4.78, 5) is 37.0. The van der Waals surface area contributed by atoms with Gasteiger partial charge in [0.05, 0.1) is 17.5 Å². The lowest BCUT2D eigenvalue weighted by Gasteiger charge is -2.36. The molecule has 34 heavy (non-hydrogen) atoms. The summed E-state index contributed by atoms with van der Waals surface area (Å²) in [6.45, 7) is 9.58. The van der Waals surface area contributed by atoms with Gasteiger partial charge in [0, 0.05) is 44.5 Å². The Balaban J connectivity index is 1.23. The second kappa shape index (κ2) is 9.09. The van der Waals surface area contributed by atoms with Gasteiger partial charge in [-0.3, -0.25) is 9.59 Å². The lowest BCUT2D eigenvalue weighted by molar-refractivity contribution is -0.136. The molecule has 0 N–H and O–H groups in total. The third kappa shape index (κ3) is 4.13. The molecule has 0 aliphatic carbocycles. The van der Waals surface area contributed by atoms with Crippen molar-refractivity contribution >= 4 is 28.5 Å². The number of nitrogens with zero attached hydrogens (tertiary/aromatic N) is 4. The van der Waals surface area contributed by atoms with Crippen LogP contribution >= 0.6 is 0 Å². The lowest BCUT2D eigenvalue weighted by Crippen LogP contribution is -2.51. The number of carbonyl (C=O) groups excluding carboxylic acids is 2. The molecule has 176 valence electrons. The van der Waals surface area contributed by atoms with Crippen LogP contribution < -0.4 is 4.90 Å². The second-order valence-corrected chi connectivity index (χ2v) is 9.61. The zero-order chi connectivity index (χ0) is 23.8. The highest BCUT2D eigenvalue weighted by atomic mass is 16.2. The van der Waals surface area contributed by atoms with E-state index in [1.54, 1.807) is 0 Å². The number of pyridine rings is 1. The number of piperazine rings is 1. The minimum absolute atomic E-state index is 0.0194. The van der Waals surface area contributed by atoms with Crippen molar-refractivity contribution < 1.29 is 9.59 Å². The first-order valence-electron chi connectivity index (χ1n) is 12.2. The van der Waals surface area contributed by atoms with E-state index in [0.29, 0.717) is 26.1 Å². The highest BCUT2D eigenvalue weighted by molar-refractivity contribution is 5.90. The number of aryl methyl sites for hydroxylation is 2. The predicted molar refractivity (Wildman–Crippen MR) is 135 cm³/mol. The molecule has 3 aromatic rings. The fraction of sp³-hybridized carbons (Fsp3) is 0.393. The SMILES string of the molecule is Cc1cc(N2CCN(C(=O)C3CC(=O)N(C(C)c4ccccc4)C3)CC2)nc2c(C)cccc12. The van der Waals surface area contributed by atoms with Gasteiger partial charge in [-0.15, -0.1) is 0 Å². The smallest absolute Gasteiger partial charge is 0.228 e. The van der Waals surface area contributed by atoms with Crippen molar-refractivity contribution in [2.75, 3.05) is 37.6 Å². The molecule has 0 bridgehead atoms. The third-order valence-corrected chi connectivity index (χ3v) is 7.41. The van der Waals surface area contributed by atoms with E-state index in [9.17, 15) is 9.59 Å². The van der Waals surface area contributed by atoms with E-state index in [-0.39, 0.29) is 23.8 Å². The van der Waals surface area contributed by atoms with Crippen molar-refractivity contribution in [1.82, 2.24) is 14.8 Å². The summed E-state index contributed by atoms with van der Waals surface area (Å²) in [5.74, 6) is 0.896. The highest BCUT2D eigenvalue weighted by Gasteiger charge is 2.39. The van der Waals surface area contributed by atoms with Crippen LogP contribution in [0.3, 0.4) is 0 Å². The van der Waals surface area contributed by atoms with E-state index in [1.165, 1.54) is 16.5 Å². The summed E-state index contributed by atoms with van der Waals surface area (Å²) in [5.41, 5.74) is 4.55. The number of amides is 2. The van der Waals surface area contributed by atoms with E-state index < -0.39 is 0 Å². The quantitative estimate of drug-likeness (QED) is 0.593. The summed E-state index contributed by atoms with van der Waals surface area (Å²) in [7, 11) is 0. The molecule has 6 heteroatoms. The van der Waals surface area contributed by atoms with Gasteiger partial charge in [0.2, 0.25) is 11.8 Å². The number of benzene rings is 2. The van der Waals surface area contributed by atoms with Crippen molar-refractivity contribution in [2.45, 2.75) is 33.2 Å². The Bertz CT molecular complexity index is 1220. The number of hydrogen-bond acceptors (Lipinski definition) is 4. The third-order valence-electron chi connectivity index (χ3n) is 7.41. The minimum Gasteiger partial charge on any atom is -0.353 e. The van der Waals surface area contributed by atoms with Crippen LogP contribution in [-0.2, 0) is 9.59 Å². The van der Waals surface area contributed by atoms with Gasteiger partial charge in [-0.05, 0) is 43.5 Å². The summed E-state index contributed by atoms with van der Waals surface area (Å²) >= 11 is 0. The van der Waals surface area contributed by atoms with E-state index in [4.69, 9.17) is 4.98 Å². The van der Waals surface area contributed by atoms with Gasteiger partial charge >= 0.3 is 0 Å². The second-order valence-electron chi connectivity index (χ2n) is 9.61. The normalized spacial score (nSPS) is 19.7. The number of fused-ring (bicyclic) bond motifs is 1.